The summed E-state index contributed by atoms with van der Waals surface area (Å²) in [5.74, 6) is -2.20. The van der Waals surface area contributed by atoms with E-state index in [1.54, 1.807) is 31.2 Å². The Morgan fingerprint density at radius 2 is 1.59 bits per heavy atom. The fourth-order valence-corrected chi connectivity index (χ4v) is 3.89. The van der Waals surface area contributed by atoms with Crippen molar-refractivity contribution < 1.29 is 24.6 Å². The van der Waals surface area contributed by atoms with Gasteiger partial charge < -0.3 is 20.8 Å². The SMILES string of the molecule is Cc1ccccc1C(=O)Nc1cccc(SC(C)C(=O)Nc2ccc(O)c(C(=O)O)c2)c1. The second-order valence-corrected chi connectivity index (χ2v) is 8.50. The lowest BCUT2D eigenvalue weighted by Crippen LogP contribution is -2.22. The number of phenols is 1. The van der Waals surface area contributed by atoms with Gasteiger partial charge in [-0.05, 0) is 61.9 Å². The highest BCUT2D eigenvalue weighted by Gasteiger charge is 2.17. The third-order valence-corrected chi connectivity index (χ3v) is 5.75. The molecule has 2 amide bonds. The molecule has 0 bridgehead atoms. The molecular formula is C24H22N2O5S. The fraction of sp³-hybridized carbons (Fsp3) is 0.125. The second-order valence-electron chi connectivity index (χ2n) is 7.08. The van der Waals surface area contributed by atoms with Crippen LogP contribution in [-0.2, 0) is 4.79 Å². The molecule has 0 radical (unpaired) electrons. The Labute approximate surface area is 189 Å². The normalized spacial score (nSPS) is 11.4. The first kappa shape index (κ1) is 22.9. The Kier molecular flexibility index (Phi) is 7.17. The standard InChI is InChI=1S/C24H22N2O5S/c1-14-6-3-4-9-19(14)23(29)26-16-7-5-8-18(12-16)32-15(2)22(28)25-17-10-11-21(27)20(13-17)24(30)31/h3-13,15,27H,1-2H3,(H,25,28)(H,26,29)(H,30,31). The van der Waals surface area contributed by atoms with Crippen LogP contribution in [0.3, 0.4) is 0 Å². The van der Waals surface area contributed by atoms with Gasteiger partial charge in [0.15, 0.2) is 0 Å². The molecule has 8 heteroatoms. The Morgan fingerprint density at radius 1 is 0.875 bits per heavy atom. The van der Waals surface area contributed by atoms with E-state index in [1.807, 2.05) is 31.2 Å². The number of rotatable bonds is 7. The zero-order valence-electron chi connectivity index (χ0n) is 17.5. The number of carbonyl (C=O) groups is 3. The predicted molar refractivity (Wildman–Crippen MR) is 125 cm³/mol. The molecule has 0 spiro atoms. The average molecular weight is 451 g/mol. The number of hydrogen-bond donors (Lipinski definition) is 4. The Balaban J connectivity index is 1.65. The number of aromatic hydroxyl groups is 1. The highest BCUT2D eigenvalue weighted by Crippen LogP contribution is 2.28. The minimum absolute atomic E-state index is 0.211. The van der Waals surface area contributed by atoms with E-state index >= 15 is 0 Å². The molecule has 0 heterocycles. The average Bonchev–Trinajstić information content (AvgIpc) is 2.75. The molecule has 0 saturated carbocycles. The first-order valence-corrected chi connectivity index (χ1v) is 10.6. The van der Waals surface area contributed by atoms with E-state index in [4.69, 9.17) is 5.11 Å². The maximum absolute atomic E-state index is 12.6. The number of hydrogen-bond acceptors (Lipinski definition) is 5. The van der Waals surface area contributed by atoms with Gasteiger partial charge in [-0.25, -0.2) is 4.79 Å². The number of amides is 2. The number of anilines is 2. The number of nitrogens with one attached hydrogen (secondary N) is 2. The molecule has 4 N–H and O–H groups in total. The molecule has 0 aliphatic carbocycles. The molecule has 1 atom stereocenters. The van der Waals surface area contributed by atoms with E-state index in [2.05, 4.69) is 10.6 Å². The first-order valence-electron chi connectivity index (χ1n) is 9.75. The number of thioether (sulfide) groups is 1. The van der Waals surface area contributed by atoms with Crippen LogP contribution < -0.4 is 10.6 Å². The Hall–Kier alpha value is -3.78. The van der Waals surface area contributed by atoms with Gasteiger partial charge in [-0.15, -0.1) is 11.8 Å². The van der Waals surface area contributed by atoms with Crippen LogP contribution in [0.15, 0.2) is 71.6 Å². The Morgan fingerprint density at radius 3 is 2.31 bits per heavy atom. The lowest BCUT2D eigenvalue weighted by Gasteiger charge is -2.14. The van der Waals surface area contributed by atoms with E-state index in [9.17, 15) is 19.5 Å². The van der Waals surface area contributed by atoms with Crippen molar-refractivity contribution in [2.24, 2.45) is 0 Å². The molecule has 3 rings (SSSR count). The van der Waals surface area contributed by atoms with Gasteiger partial charge in [0, 0.05) is 21.8 Å². The zero-order chi connectivity index (χ0) is 23.3. The number of aromatic carboxylic acids is 1. The monoisotopic (exact) mass is 450 g/mol. The highest BCUT2D eigenvalue weighted by atomic mass is 32.2. The topological polar surface area (TPSA) is 116 Å². The van der Waals surface area contributed by atoms with Crippen molar-refractivity contribution in [1.82, 2.24) is 0 Å². The highest BCUT2D eigenvalue weighted by molar-refractivity contribution is 8.00. The number of carboxylic acid groups (broad SMARTS) is 1. The summed E-state index contributed by atoms with van der Waals surface area (Å²) in [6.07, 6.45) is 0. The van der Waals surface area contributed by atoms with E-state index in [-0.39, 0.29) is 28.8 Å². The fourth-order valence-electron chi connectivity index (χ4n) is 2.96. The summed E-state index contributed by atoms with van der Waals surface area (Å²) >= 11 is 1.30. The van der Waals surface area contributed by atoms with Crippen molar-refractivity contribution >= 4 is 40.9 Å². The van der Waals surface area contributed by atoms with Crippen molar-refractivity contribution in [3.8, 4) is 5.75 Å². The number of carboxylic acids is 1. The van der Waals surface area contributed by atoms with Gasteiger partial charge in [0.25, 0.3) is 5.91 Å². The summed E-state index contributed by atoms with van der Waals surface area (Å²) in [5.41, 5.74) is 2.06. The van der Waals surface area contributed by atoms with Crippen LogP contribution in [0.1, 0.15) is 33.2 Å². The molecule has 0 aromatic heterocycles. The van der Waals surface area contributed by atoms with Crippen molar-refractivity contribution in [1.29, 1.82) is 0 Å². The summed E-state index contributed by atoms with van der Waals surface area (Å²) in [6.45, 7) is 3.59. The van der Waals surface area contributed by atoms with Gasteiger partial charge >= 0.3 is 5.97 Å². The quantitative estimate of drug-likeness (QED) is 0.304. The zero-order valence-corrected chi connectivity index (χ0v) is 18.3. The number of benzene rings is 3. The molecule has 3 aromatic carbocycles. The van der Waals surface area contributed by atoms with Gasteiger partial charge in [0.1, 0.15) is 11.3 Å². The van der Waals surface area contributed by atoms with Crippen molar-refractivity contribution in [3.63, 3.8) is 0 Å². The summed E-state index contributed by atoms with van der Waals surface area (Å²) in [5, 5.41) is 23.7. The van der Waals surface area contributed by atoms with Gasteiger partial charge in [-0.2, -0.15) is 0 Å². The van der Waals surface area contributed by atoms with Gasteiger partial charge in [-0.3, -0.25) is 9.59 Å². The molecule has 1 unspecified atom stereocenters. The molecule has 164 valence electrons. The van der Waals surface area contributed by atoms with E-state index in [1.165, 1.54) is 30.0 Å². The number of carbonyl (C=O) groups excluding carboxylic acids is 2. The van der Waals surface area contributed by atoms with Gasteiger partial charge in [0.05, 0.1) is 5.25 Å². The minimum atomic E-state index is -1.29. The van der Waals surface area contributed by atoms with Gasteiger partial charge in [-0.1, -0.05) is 24.3 Å². The van der Waals surface area contributed by atoms with Crippen molar-refractivity contribution in [2.75, 3.05) is 10.6 Å². The minimum Gasteiger partial charge on any atom is -0.507 e. The van der Waals surface area contributed by atoms with Crippen LogP contribution in [0.25, 0.3) is 0 Å². The smallest absolute Gasteiger partial charge is 0.339 e. The van der Waals surface area contributed by atoms with Crippen LogP contribution in [0.4, 0.5) is 11.4 Å². The summed E-state index contributed by atoms with van der Waals surface area (Å²) in [7, 11) is 0. The third kappa shape index (κ3) is 5.67. The largest absolute Gasteiger partial charge is 0.507 e. The number of aryl methyl sites for hydroxylation is 1. The van der Waals surface area contributed by atoms with E-state index in [0.717, 1.165) is 10.5 Å². The summed E-state index contributed by atoms with van der Waals surface area (Å²) < 4.78 is 0. The lowest BCUT2D eigenvalue weighted by atomic mass is 10.1. The van der Waals surface area contributed by atoms with E-state index in [0.29, 0.717) is 11.3 Å². The van der Waals surface area contributed by atoms with Crippen LogP contribution in [0.5, 0.6) is 5.75 Å². The molecule has 0 saturated heterocycles. The van der Waals surface area contributed by atoms with Crippen LogP contribution in [0, 0.1) is 6.92 Å². The summed E-state index contributed by atoms with van der Waals surface area (Å²) in [4.78, 5) is 37.0. The molecule has 32 heavy (non-hydrogen) atoms. The molecule has 7 nitrogen and oxygen atoms in total. The maximum atomic E-state index is 12.6. The molecule has 3 aromatic rings. The lowest BCUT2D eigenvalue weighted by molar-refractivity contribution is -0.115. The van der Waals surface area contributed by atoms with Gasteiger partial charge in [0.2, 0.25) is 5.91 Å². The first-order chi connectivity index (χ1) is 15.2. The molecule has 0 fully saturated rings. The van der Waals surface area contributed by atoms with Crippen LogP contribution >= 0.6 is 11.8 Å². The molecular weight excluding hydrogens is 428 g/mol. The molecule has 0 aliphatic rings. The molecule has 0 aliphatic heterocycles. The Bertz CT molecular complexity index is 1180. The maximum Gasteiger partial charge on any atom is 0.339 e. The summed E-state index contributed by atoms with van der Waals surface area (Å²) in [6, 6.07) is 18.3. The van der Waals surface area contributed by atoms with Crippen molar-refractivity contribution in [2.45, 2.75) is 24.0 Å². The van der Waals surface area contributed by atoms with E-state index < -0.39 is 11.2 Å². The third-order valence-electron chi connectivity index (χ3n) is 4.66. The van der Waals surface area contributed by atoms with Crippen LogP contribution in [0.2, 0.25) is 0 Å². The van der Waals surface area contributed by atoms with Crippen molar-refractivity contribution in [3.05, 3.63) is 83.4 Å². The second kappa shape index (κ2) is 10.0. The van der Waals surface area contributed by atoms with Crippen LogP contribution in [-0.4, -0.2) is 33.2 Å². The predicted octanol–water partition coefficient (Wildman–Crippen LogP) is 4.77.